The van der Waals surface area contributed by atoms with Crippen LogP contribution in [0, 0.1) is 22.7 Å². The van der Waals surface area contributed by atoms with Crippen LogP contribution in [0.25, 0.3) is 0 Å². The van der Waals surface area contributed by atoms with E-state index >= 15 is 0 Å². The van der Waals surface area contributed by atoms with Crippen molar-refractivity contribution in [1.29, 1.82) is 10.5 Å². The normalized spacial score (nSPS) is 13.5. The first kappa shape index (κ1) is 19.4. The van der Waals surface area contributed by atoms with E-state index in [1.807, 2.05) is 24.3 Å². The molecule has 29 heavy (non-hydrogen) atoms. The summed E-state index contributed by atoms with van der Waals surface area (Å²) in [6.45, 7) is 0.0583. The summed E-state index contributed by atoms with van der Waals surface area (Å²) in [5, 5.41) is 20.3. The molecule has 1 aliphatic rings. The molecule has 0 atom stereocenters. The monoisotopic (exact) mass is 383 g/mol. The minimum atomic E-state index is -0.457. The fraction of sp³-hybridized carbons (Fsp3) is 0.0909. The van der Waals surface area contributed by atoms with E-state index in [2.05, 4.69) is 0 Å². The molecule has 0 N–H and O–H groups in total. The predicted octanol–water partition coefficient (Wildman–Crippen LogP) is 2.77. The van der Waals surface area contributed by atoms with E-state index < -0.39 is 11.8 Å². The fourth-order valence-corrected chi connectivity index (χ4v) is 2.85. The second kappa shape index (κ2) is 9.03. The zero-order valence-electron chi connectivity index (χ0n) is 15.5. The molecule has 1 heterocycles. The second-order valence-corrected chi connectivity index (χ2v) is 6.05. The number of amides is 2. The SMILES string of the molecule is N#CCN(/C=C/C=C1C(=O)N(c2ccccc2)N(c2ccccc2)C1=O)CC#N. The van der Waals surface area contributed by atoms with Crippen molar-refractivity contribution in [2.24, 2.45) is 0 Å². The van der Waals surface area contributed by atoms with Crippen LogP contribution in [-0.2, 0) is 9.59 Å². The van der Waals surface area contributed by atoms with Crippen molar-refractivity contribution in [3.8, 4) is 12.1 Å². The molecule has 1 aliphatic heterocycles. The first-order chi connectivity index (χ1) is 14.2. The molecule has 0 unspecified atom stereocenters. The summed E-state index contributed by atoms with van der Waals surface area (Å²) in [6, 6.07) is 21.7. The quantitative estimate of drug-likeness (QED) is 0.435. The van der Waals surface area contributed by atoms with Gasteiger partial charge >= 0.3 is 0 Å². The van der Waals surface area contributed by atoms with Gasteiger partial charge in [-0.15, -0.1) is 0 Å². The number of hydrogen-bond acceptors (Lipinski definition) is 5. The van der Waals surface area contributed by atoms with Gasteiger partial charge < -0.3 is 4.90 Å². The summed E-state index contributed by atoms with van der Waals surface area (Å²) in [4.78, 5) is 27.6. The Labute approximate surface area is 168 Å². The first-order valence-corrected chi connectivity index (χ1v) is 8.82. The van der Waals surface area contributed by atoms with Gasteiger partial charge in [0.15, 0.2) is 0 Å². The Morgan fingerprint density at radius 1 is 0.793 bits per heavy atom. The molecule has 1 saturated heterocycles. The lowest BCUT2D eigenvalue weighted by Crippen LogP contribution is -2.41. The van der Waals surface area contributed by atoms with E-state index in [0.717, 1.165) is 0 Å². The number of anilines is 2. The van der Waals surface area contributed by atoms with Crippen LogP contribution in [0.1, 0.15) is 0 Å². The molecular formula is C22H17N5O2. The molecular weight excluding hydrogens is 366 g/mol. The summed E-state index contributed by atoms with van der Waals surface area (Å²) >= 11 is 0. The molecule has 0 spiro atoms. The Hall–Kier alpha value is -4.36. The number of carbonyl (C=O) groups excluding carboxylic acids is 2. The Morgan fingerprint density at radius 2 is 1.24 bits per heavy atom. The highest BCUT2D eigenvalue weighted by atomic mass is 16.2. The van der Waals surface area contributed by atoms with Crippen LogP contribution in [0.5, 0.6) is 0 Å². The van der Waals surface area contributed by atoms with Gasteiger partial charge in [-0.25, -0.2) is 10.0 Å². The maximum absolute atomic E-state index is 13.1. The molecule has 2 amide bonds. The fourth-order valence-electron chi connectivity index (χ4n) is 2.85. The molecule has 7 heteroatoms. The Kier molecular flexibility index (Phi) is 6.04. The van der Waals surface area contributed by atoms with Crippen molar-refractivity contribution in [3.63, 3.8) is 0 Å². The van der Waals surface area contributed by atoms with Crippen LogP contribution in [0.4, 0.5) is 11.4 Å². The summed E-state index contributed by atoms with van der Waals surface area (Å²) in [5.41, 5.74) is 1.12. The maximum Gasteiger partial charge on any atom is 0.283 e. The molecule has 0 aromatic heterocycles. The van der Waals surface area contributed by atoms with Crippen LogP contribution in [0.15, 0.2) is 84.6 Å². The molecule has 0 bridgehead atoms. The van der Waals surface area contributed by atoms with Gasteiger partial charge in [0.2, 0.25) is 0 Å². The van der Waals surface area contributed by atoms with E-state index in [1.165, 1.54) is 33.3 Å². The Morgan fingerprint density at radius 3 is 1.66 bits per heavy atom. The van der Waals surface area contributed by atoms with Gasteiger partial charge in [0.1, 0.15) is 18.7 Å². The Balaban J connectivity index is 1.98. The summed E-state index contributed by atoms with van der Waals surface area (Å²) in [5.74, 6) is -0.913. The summed E-state index contributed by atoms with van der Waals surface area (Å²) in [6.07, 6.45) is 4.42. The zero-order valence-corrected chi connectivity index (χ0v) is 15.5. The van der Waals surface area contributed by atoms with E-state index in [9.17, 15) is 9.59 Å². The average Bonchev–Trinajstić information content (AvgIpc) is 3.00. The van der Waals surface area contributed by atoms with Crippen molar-refractivity contribution in [2.75, 3.05) is 23.1 Å². The minimum Gasteiger partial charge on any atom is -0.351 e. The van der Waals surface area contributed by atoms with Crippen molar-refractivity contribution < 1.29 is 9.59 Å². The largest absolute Gasteiger partial charge is 0.351 e. The number of hydrazine groups is 1. The third-order valence-corrected chi connectivity index (χ3v) is 4.15. The van der Waals surface area contributed by atoms with Crippen molar-refractivity contribution in [1.82, 2.24) is 4.90 Å². The number of para-hydroxylation sites is 2. The van der Waals surface area contributed by atoms with E-state index in [4.69, 9.17) is 10.5 Å². The molecule has 0 aliphatic carbocycles. The van der Waals surface area contributed by atoms with Crippen molar-refractivity contribution >= 4 is 23.2 Å². The second-order valence-electron chi connectivity index (χ2n) is 6.05. The lowest BCUT2D eigenvalue weighted by Gasteiger charge is -2.27. The first-order valence-electron chi connectivity index (χ1n) is 8.82. The number of allylic oxidation sites excluding steroid dienone is 2. The van der Waals surface area contributed by atoms with Gasteiger partial charge in [-0.1, -0.05) is 36.4 Å². The van der Waals surface area contributed by atoms with Gasteiger partial charge in [0, 0.05) is 6.20 Å². The topological polar surface area (TPSA) is 91.4 Å². The van der Waals surface area contributed by atoms with Gasteiger partial charge in [0.05, 0.1) is 23.5 Å². The highest BCUT2D eigenvalue weighted by Gasteiger charge is 2.42. The summed E-state index contributed by atoms with van der Waals surface area (Å²) in [7, 11) is 0. The van der Waals surface area contributed by atoms with E-state index in [0.29, 0.717) is 11.4 Å². The predicted molar refractivity (Wildman–Crippen MR) is 108 cm³/mol. The molecule has 142 valence electrons. The van der Waals surface area contributed by atoms with Crippen LogP contribution in [-0.4, -0.2) is 29.8 Å². The molecule has 0 radical (unpaired) electrons. The van der Waals surface area contributed by atoms with Crippen LogP contribution in [0.3, 0.4) is 0 Å². The number of benzene rings is 2. The van der Waals surface area contributed by atoms with E-state index in [-0.39, 0.29) is 18.7 Å². The minimum absolute atomic E-state index is 0.0113. The van der Waals surface area contributed by atoms with Crippen molar-refractivity contribution in [3.05, 3.63) is 84.6 Å². The van der Waals surface area contributed by atoms with E-state index in [1.54, 1.807) is 48.5 Å². The van der Waals surface area contributed by atoms with Gasteiger partial charge in [-0.3, -0.25) is 9.59 Å². The molecule has 7 nitrogen and oxygen atoms in total. The lowest BCUT2D eigenvalue weighted by atomic mass is 10.2. The molecule has 2 aromatic carbocycles. The Bertz CT molecular complexity index is 957. The highest BCUT2D eigenvalue weighted by molar-refractivity contribution is 6.36. The van der Waals surface area contributed by atoms with Crippen LogP contribution < -0.4 is 10.0 Å². The third-order valence-electron chi connectivity index (χ3n) is 4.15. The van der Waals surface area contributed by atoms with Crippen LogP contribution in [0.2, 0.25) is 0 Å². The van der Waals surface area contributed by atoms with Gasteiger partial charge in [-0.2, -0.15) is 10.5 Å². The molecule has 1 fully saturated rings. The number of nitriles is 2. The third kappa shape index (κ3) is 4.15. The highest BCUT2D eigenvalue weighted by Crippen LogP contribution is 2.31. The average molecular weight is 383 g/mol. The molecule has 3 rings (SSSR count). The standard InChI is InChI=1S/C22H17N5O2/c23-13-16-25(17-14-24)15-7-12-20-21(28)26(18-8-3-1-4-9-18)27(22(20)29)19-10-5-2-6-11-19/h1-12,15H,16-17H2/b15-7+. The van der Waals surface area contributed by atoms with Gasteiger partial charge in [-0.05, 0) is 36.4 Å². The summed E-state index contributed by atoms with van der Waals surface area (Å²) < 4.78 is 0. The van der Waals surface area contributed by atoms with Crippen LogP contribution >= 0.6 is 0 Å². The smallest absolute Gasteiger partial charge is 0.283 e. The van der Waals surface area contributed by atoms with Crippen molar-refractivity contribution in [2.45, 2.75) is 0 Å². The number of carbonyl (C=O) groups is 2. The number of nitrogens with zero attached hydrogens (tertiary/aromatic N) is 5. The molecule has 0 saturated carbocycles. The molecule has 2 aromatic rings. The van der Waals surface area contributed by atoms with Gasteiger partial charge in [0.25, 0.3) is 11.8 Å². The number of hydrogen-bond donors (Lipinski definition) is 0. The lowest BCUT2D eigenvalue weighted by molar-refractivity contribution is -0.116. The number of rotatable bonds is 6. The maximum atomic E-state index is 13.1. The zero-order chi connectivity index (χ0) is 20.6.